The van der Waals surface area contributed by atoms with E-state index >= 15 is 0 Å². The van der Waals surface area contributed by atoms with Crippen LogP contribution in [0.3, 0.4) is 0 Å². The summed E-state index contributed by atoms with van der Waals surface area (Å²) in [4.78, 5) is 12.3. The minimum atomic E-state index is -0.433. The maximum Gasteiger partial charge on any atom is 0.237 e. The van der Waals surface area contributed by atoms with Gasteiger partial charge in [-0.15, -0.1) is 12.4 Å². The molecule has 3 N–H and O–H groups in total. The van der Waals surface area contributed by atoms with Gasteiger partial charge in [0, 0.05) is 25.2 Å². The van der Waals surface area contributed by atoms with E-state index in [0.717, 1.165) is 32.5 Å². The predicted molar refractivity (Wildman–Crippen MR) is 95.9 cm³/mol. The van der Waals surface area contributed by atoms with Crippen LogP contribution in [0.2, 0.25) is 0 Å². The van der Waals surface area contributed by atoms with Crippen LogP contribution >= 0.6 is 12.4 Å². The average molecular weight is 341 g/mol. The molecule has 1 amide bonds. The quantitative estimate of drug-likeness (QED) is 0.836. The Morgan fingerprint density at radius 3 is 2.48 bits per heavy atom. The summed E-state index contributed by atoms with van der Waals surface area (Å²) in [5.41, 5.74) is 7.27. The molecule has 1 aliphatic rings. The Labute approximate surface area is 145 Å². The van der Waals surface area contributed by atoms with Gasteiger partial charge in [0.05, 0.1) is 6.04 Å². The number of nitrogens with two attached hydrogens (primary N) is 1. The molecule has 0 spiro atoms. The van der Waals surface area contributed by atoms with Gasteiger partial charge in [0.2, 0.25) is 5.91 Å². The highest BCUT2D eigenvalue weighted by Crippen LogP contribution is 2.34. The molecule has 130 valence electrons. The van der Waals surface area contributed by atoms with Crippen molar-refractivity contribution in [3.63, 3.8) is 0 Å². The molecular formula is C18H29ClN2O2. The smallest absolute Gasteiger partial charge is 0.237 e. The van der Waals surface area contributed by atoms with Crippen LogP contribution in [0.4, 0.5) is 0 Å². The van der Waals surface area contributed by atoms with Crippen molar-refractivity contribution in [2.45, 2.75) is 44.6 Å². The second-order valence-corrected chi connectivity index (χ2v) is 6.39. The van der Waals surface area contributed by atoms with E-state index in [0.29, 0.717) is 6.54 Å². The zero-order chi connectivity index (χ0) is 16.0. The standard InChI is InChI=1S/C18H28N2O2.ClH/c1-3-14(2)16(19)17(21)20-13-18(9-11-22-12-10-18)15-7-5-4-6-8-15;/h4-8,14,16H,3,9-13,19H2,1-2H3,(H,20,21);1H. The van der Waals surface area contributed by atoms with Crippen molar-refractivity contribution < 1.29 is 9.53 Å². The molecule has 2 rings (SSSR count). The SMILES string of the molecule is CCC(C)C(N)C(=O)NCC1(c2ccccc2)CCOCC1.Cl. The normalized spacial score (nSPS) is 19.3. The zero-order valence-electron chi connectivity index (χ0n) is 14.1. The number of carbonyl (C=O) groups is 1. The highest BCUT2D eigenvalue weighted by atomic mass is 35.5. The maximum atomic E-state index is 12.3. The molecule has 1 aliphatic heterocycles. The van der Waals surface area contributed by atoms with E-state index in [9.17, 15) is 4.79 Å². The Hall–Kier alpha value is -1.10. The van der Waals surface area contributed by atoms with Crippen LogP contribution in [-0.2, 0) is 14.9 Å². The second-order valence-electron chi connectivity index (χ2n) is 6.39. The van der Waals surface area contributed by atoms with Crippen LogP contribution in [0.15, 0.2) is 30.3 Å². The summed E-state index contributed by atoms with van der Waals surface area (Å²) in [6.45, 7) is 6.18. The lowest BCUT2D eigenvalue weighted by molar-refractivity contribution is -0.123. The van der Waals surface area contributed by atoms with Gasteiger partial charge in [-0.1, -0.05) is 50.6 Å². The first-order valence-corrected chi connectivity index (χ1v) is 8.25. The molecule has 1 saturated heterocycles. The number of hydrogen-bond donors (Lipinski definition) is 2. The molecule has 2 unspecified atom stereocenters. The van der Waals surface area contributed by atoms with Crippen LogP contribution in [0.5, 0.6) is 0 Å². The van der Waals surface area contributed by atoms with Crippen LogP contribution in [0, 0.1) is 5.92 Å². The fraction of sp³-hybridized carbons (Fsp3) is 0.611. The largest absolute Gasteiger partial charge is 0.381 e. The lowest BCUT2D eigenvalue weighted by Gasteiger charge is -2.38. The molecular weight excluding hydrogens is 312 g/mol. The minimum absolute atomic E-state index is 0. The van der Waals surface area contributed by atoms with Gasteiger partial charge < -0.3 is 15.8 Å². The van der Waals surface area contributed by atoms with Gasteiger partial charge in [0.1, 0.15) is 0 Å². The lowest BCUT2D eigenvalue weighted by atomic mass is 9.74. The molecule has 0 bridgehead atoms. The van der Waals surface area contributed by atoms with Crippen LogP contribution in [0.25, 0.3) is 0 Å². The topological polar surface area (TPSA) is 64.4 Å². The van der Waals surface area contributed by atoms with E-state index in [4.69, 9.17) is 10.5 Å². The molecule has 0 saturated carbocycles. The Morgan fingerprint density at radius 1 is 1.30 bits per heavy atom. The van der Waals surface area contributed by atoms with Crippen LogP contribution in [0.1, 0.15) is 38.7 Å². The third-order valence-corrected chi connectivity index (χ3v) is 5.00. The van der Waals surface area contributed by atoms with Gasteiger partial charge in [-0.05, 0) is 24.3 Å². The van der Waals surface area contributed by atoms with Crippen molar-refractivity contribution >= 4 is 18.3 Å². The van der Waals surface area contributed by atoms with Gasteiger partial charge in [0.25, 0.3) is 0 Å². The first-order chi connectivity index (χ1) is 10.6. The fourth-order valence-corrected chi connectivity index (χ4v) is 3.01. The monoisotopic (exact) mass is 340 g/mol. The Bertz CT molecular complexity index is 475. The van der Waals surface area contributed by atoms with Gasteiger partial charge >= 0.3 is 0 Å². The van der Waals surface area contributed by atoms with Crippen molar-refractivity contribution in [3.8, 4) is 0 Å². The average Bonchev–Trinajstić information content (AvgIpc) is 2.59. The van der Waals surface area contributed by atoms with Crippen molar-refractivity contribution in [1.82, 2.24) is 5.32 Å². The van der Waals surface area contributed by atoms with Crippen LogP contribution in [-0.4, -0.2) is 31.7 Å². The third kappa shape index (κ3) is 4.93. The zero-order valence-corrected chi connectivity index (χ0v) is 14.9. The van der Waals surface area contributed by atoms with Crippen molar-refractivity contribution in [2.24, 2.45) is 11.7 Å². The number of amides is 1. The molecule has 1 aromatic rings. The number of nitrogens with one attached hydrogen (secondary N) is 1. The number of halogens is 1. The molecule has 23 heavy (non-hydrogen) atoms. The van der Waals surface area contributed by atoms with E-state index < -0.39 is 6.04 Å². The van der Waals surface area contributed by atoms with Gasteiger partial charge in [-0.25, -0.2) is 0 Å². The van der Waals surface area contributed by atoms with Crippen LogP contribution < -0.4 is 11.1 Å². The highest BCUT2D eigenvalue weighted by molar-refractivity contribution is 5.85. The number of benzene rings is 1. The Kier molecular flexibility index (Phi) is 8.03. The first kappa shape index (κ1) is 19.9. The van der Waals surface area contributed by atoms with E-state index in [1.165, 1.54) is 5.56 Å². The van der Waals surface area contributed by atoms with Crippen molar-refractivity contribution in [3.05, 3.63) is 35.9 Å². The van der Waals surface area contributed by atoms with E-state index in [2.05, 4.69) is 36.5 Å². The lowest BCUT2D eigenvalue weighted by Crippen LogP contribution is -2.50. The number of ether oxygens (including phenoxy) is 1. The van der Waals surface area contributed by atoms with E-state index in [-0.39, 0.29) is 29.6 Å². The molecule has 2 atom stereocenters. The maximum absolute atomic E-state index is 12.3. The fourth-order valence-electron chi connectivity index (χ4n) is 3.01. The highest BCUT2D eigenvalue weighted by Gasteiger charge is 2.35. The van der Waals surface area contributed by atoms with Gasteiger partial charge in [-0.3, -0.25) is 4.79 Å². The second kappa shape index (κ2) is 9.26. The summed E-state index contributed by atoms with van der Waals surface area (Å²) >= 11 is 0. The van der Waals surface area contributed by atoms with Crippen molar-refractivity contribution in [2.75, 3.05) is 19.8 Å². The summed E-state index contributed by atoms with van der Waals surface area (Å²) in [6, 6.07) is 9.99. The summed E-state index contributed by atoms with van der Waals surface area (Å²) in [5, 5.41) is 3.09. The molecule has 0 aromatic heterocycles. The Balaban J connectivity index is 0.00000264. The summed E-state index contributed by atoms with van der Waals surface area (Å²) in [7, 11) is 0. The first-order valence-electron chi connectivity index (χ1n) is 8.25. The summed E-state index contributed by atoms with van der Waals surface area (Å²) in [6.07, 6.45) is 2.76. The van der Waals surface area contributed by atoms with Gasteiger partial charge in [-0.2, -0.15) is 0 Å². The molecule has 5 heteroatoms. The molecule has 0 aliphatic carbocycles. The number of rotatable bonds is 6. The molecule has 4 nitrogen and oxygen atoms in total. The van der Waals surface area contributed by atoms with E-state index in [1.54, 1.807) is 0 Å². The Morgan fingerprint density at radius 2 is 1.91 bits per heavy atom. The van der Waals surface area contributed by atoms with E-state index in [1.807, 2.05) is 13.0 Å². The molecule has 0 radical (unpaired) electrons. The molecule has 1 heterocycles. The predicted octanol–water partition coefficient (Wildman–Crippen LogP) is 2.65. The number of hydrogen-bond acceptors (Lipinski definition) is 3. The van der Waals surface area contributed by atoms with Crippen molar-refractivity contribution in [1.29, 1.82) is 0 Å². The minimum Gasteiger partial charge on any atom is -0.381 e. The number of carbonyl (C=O) groups excluding carboxylic acids is 1. The summed E-state index contributed by atoms with van der Waals surface area (Å²) < 4.78 is 5.52. The molecule has 1 aromatic carbocycles. The van der Waals surface area contributed by atoms with Gasteiger partial charge in [0.15, 0.2) is 0 Å². The third-order valence-electron chi connectivity index (χ3n) is 5.00. The summed E-state index contributed by atoms with van der Waals surface area (Å²) in [5.74, 6) is 0.151. The molecule has 1 fully saturated rings.